The van der Waals surface area contributed by atoms with E-state index in [1.807, 2.05) is 0 Å². The number of hydrogen-bond acceptors (Lipinski definition) is 4. The number of likely N-dealkylation sites (tertiary alicyclic amines) is 1. The zero-order chi connectivity index (χ0) is 17.5. The van der Waals surface area contributed by atoms with E-state index in [-0.39, 0.29) is 11.5 Å². The Morgan fingerprint density at radius 3 is 2.88 bits per heavy atom. The van der Waals surface area contributed by atoms with Crippen LogP contribution in [0.25, 0.3) is 0 Å². The van der Waals surface area contributed by atoms with Gasteiger partial charge in [0.2, 0.25) is 0 Å². The van der Waals surface area contributed by atoms with Crippen molar-refractivity contribution in [3.63, 3.8) is 0 Å². The normalized spacial score (nSPS) is 36.8. The largest absolute Gasteiger partial charge is 0.497 e. The Morgan fingerprint density at radius 2 is 2.12 bits per heavy atom. The first kappa shape index (κ1) is 15.4. The molecule has 2 fully saturated rings. The van der Waals surface area contributed by atoms with E-state index in [2.05, 4.69) is 23.1 Å². The van der Waals surface area contributed by atoms with Crippen LogP contribution in [0.4, 0.5) is 0 Å². The highest BCUT2D eigenvalue weighted by Crippen LogP contribution is 2.64. The Bertz CT molecular complexity index is 799. The molecule has 3 aliphatic carbocycles. The van der Waals surface area contributed by atoms with Gasteiger partial charge >= 0.3 is 0 Å². The van der Waals surface area contributed by atoms with Crippen molar-refractivity contribution in [1.82, 2.24) is 4.90 Å². The van der Waals surface area contributed by atoms with E-state index < -0.39 is 0 Å². The average molecular weight is 353 g/mol. The molecule has 0 radical (unpaired) electrons. The van der Waals surface area contributed by atoms with E-state index in [0.29, 0.717) is 12.0 Å². The predicted molar refractivity (Wildman–Crippen MR) is 98.7 cm³/mol. The summed E-state index contributed by atoms with van der Waals surface area (Å²) in [6.45, 7) is 2.48. The van der Waals surface area contributed by atoms with Gasteiger partial charge in [-0.2, -0.15) is 0 Å². The zero-order valence-corrected chi connectivity index (χ0v) is 15.7. The van der Waals surface area contributed by atoms with E-state index in [0.717, 1.165) is 36.0 Å². The molecule has 4 heteroatoms. The molecule has 5 aliphatic rings. The van der Waals surface area contributed by atoms with Crippen molar-refractivity contribution in [2.45, 2.75) is 49.7 Å². The summed E-state index contributed by atoms with van der Waals surface area (Å²) < 4.78 is 18.1. The smallest absolute Gasteiger partial charge is 0.166 e. The summed E-state index contributed by atoms with van der Waals surface area (Å²) in [6, 6.07) is 5.02. The maximum atomic E-state index is 6.60. The van der Waals surface area contributed by atoms with Crippen LogP contribution in [0.5, 0.6) is 11.5 Å². The van der Waals surface area contributed by atoms with Crippen molar-refractivity contribution in [3.8, 4) is 11.5 Å². The van der Waals surface area contributed by atoms with Gasteiger partial charge in [-0.3, -0.25) is 4.90 Å². The van der Waals surface area contributed by atoms with Crippen LogP contribution >= 0.6 is 0 Å². The summed E-state index contributed by atoms with van der Waals surface area (Å²) in [4.78, 5) is 2.81. The summed E-state index contributed by atoms with van der Waals surface area (Å²) in [5.74, 6) is 4.45. The van der Waals surface area contributed by atoms with E-state index in [1.165, 1.54) is 43.5 Å². The predicted octanol–water partition coefficient (Wildman–Crippen LogP) is 3.28. The molecular weight excluding hydrogens is 326 g/mol. The molecule has 1 aromatic rings. The first-order valence-corrected chi connectivity index (χ1v) is 10.1. The van der Waals surface area contributed by atoms with Crippen molar-refractivity contribution >= 4 is 0 Å². The van der Waals surface area contributed by atoms with Gasteiger partial charge in [-0.05, 0) is 68.2 Å². The number of nitrogens with zero attached hydrogens (tertiary/aromatic N) is 1. The van der Waals surface area contributed by atoms with Crippen molar-refractivity contribution in [1.29, 1.82) is 0 Å². The fourth-order valence-electron chi connectivity index (χ4n) is 6.41. The van der Waals surface area contributed by atoms with Crippen molar-refractivity contribution in [2.24, 2.45) is 11.8 Å². The Morgan fingerprint density at radius 1 is 1.23 bits per heavy atom. The SMILES string of the molecule is COC1=CCC2[C@H]3Cc4ccc(OC)c5c4[C@@]2(CCN3CC2CC2)[C@H]1O5. The molecule has 4 atom stereocenters. The number of piperidine rings is 1. The number of methoxy groups -OCH3 is 2. The van der Waals surface area contributed by atoms with Gasteiger partial charge in [0.15, 0.2) is 17.6 Å². The van der Waals surface area contributed by atoms with E-state index in [4.69, 9.17) is 14.2 Å². The number of rotatable bonds is 4. The standard InChI is InChI=1S/C22H27NO3/c1-24-17-7-5-14-11-16-15-6-8-18(25-2)21-22(15,19(14)20(17)26-21)9-10-23(16)12-13-3-4-13/h5,7-8,13,15-16,21H,3-4,6,9-12H2,1-2H3/t15?,16-,21+,22+/m1/s1. The van der Waals surface area contributed by atoms with Crippen molar-refractivity contribution in [2.75, 3.05) is 27.3 Å². The van der Waals surface area contributed by atoms with E-state index in [9.17, 15) is 0 Å². The number of benzene rings is 1. The first-order chi connectivity index (χ1) is 12.8. The molecule has 1 saturated heterocycles. The van der Waals surface area contributed by atoms with Gasteiger partial charge in [0.1, 0.15) is 5.76 Å². The summed E-state index contributed by atoms with van der Waals surface area (Å²) in [6.07, 6.45) is 8.58. The third kappa shape index (κ3) is 1.79. The van der Waals surface area contributed by atoms with Crippen LogP contribution in [0.1, 0.15) is 36.8 Å². The lowest BCUT2D eigenvalue weighted by atomic mass is 9.53. The maximum absolute atomic E-state index is 6.60. The van der Waals surface area contributed by atoms with Crippen LogP contribution in [0.3, 0.4) is 0 Å². The highest BCUT2D eigenvalue weighted by Gasteiger charge is 2.65. The zero-order valence-electron chi connectivity index (χ0n) is 15.7. The minimum atomic E-state index is 0.0159. The highest BCUT2D eigenvalue weighted by molar-refractivity contribution is 5.62. The first-order valence-electron chi connectivity index (χ1n) is 10.1. The molecular formula is C22H27NO3. The van der Waals surface area contributed by atoms with Gasteiger partial charge in [0.25, 0.3) is 0 Å². The average Bonchev–Trinajstić information content (AvgIpc) is 3.41. The van der Waals surface area contributed by atoms with Gasteiger partial charge in [-0.15, -0.1) is 0 Å². The van der Waals surface area contributed by atoms with Crippen LogP contribution in [0.2, 0.25) is 0 Å². The Labute approximate surface area is 155 Å². The lowest BCUT2D eigenvalue weighted by molar-refractivity contribution is -0.0376. The van der Waals surface area contributed by atoms with Gasteiger partial charge in [-0.1, -0.05) is 6.07 Å². The fourth-order valence-corrected chi connectivity index (χ4v) is 6.41. The number of allylic oxidation sites excluding steroid dienone is 1. The molecule has 1 unspecified atom stereocenters. The maximum Gasteiger partial charge on any atom is 0.166 e. The van der Waals surface area contributed by atoms with Crippen LogP contribution in [0, 0.1) is 11.8 Å². The quantitative estimate of drug-likeness (QED) is 0.831. The van der Waals surface area contributed by atoms with Gasteiger partial charge in [0, 0.05) is 23.6 Å². The topological polar surface area (TPSA) is 30.9 Å². The molecule has 138 valence electrons. The van der Waals surface area contributed by atoms with Gasteiger partial charge < -0.3 is 14.2 Å². The van der Waals surface area contributed by atoms with Gasteiger partial charge in [0.05, 0.1) is 14.2 Å². The molecule has 26 heavy (non-hydrogen) atoms. The fraction of sp³-hybridized carbons (Fsp3) is 0.636. The van der Waals surface area contributed by atoms with Crippen LogP contribution in [0.15, 0.2) is 24.0 Å². The molecule has 0 aromatic heterocycles. The van der Waals surface area contributed by atoms with Crippen molar-refractivity contribution in [3.05, 3.63) is 35.1 Å². The van der Waals surface area contributed by atoms with Crippen LogP contribution in [-0.2, 0) is 16.6 Å². The highest BCUT2D eigenvalue weighted by atomic mass is 16.6. The minimum Gasteiger partial charge on any atom is -0.497 e. The Kier molecular flexibility index (Phi) is 3.07. The second-order valence-corrected chi connectivity index (χ2v) is 8.78. The molecule has 4 nitrogen and oxygen atoms in total. The number of ether oxygens (including phenoxy) is 3. The summed E-state index contributed by atoms with van der Waals surface area (Å²) >= 11 is 0. The molecule has 1 saturated carbocycles. The molecule has 2 heterocycles. The lowest BCUT2D eigenvalue weighted by Crippen LogP contribution is -2.64. The molecule has 2 aliphatic heterocycles. The van der Waals surface area contributed by atoms with Crippen LogP contribution in [-0.4, -0.2) is 44.4 Å². The van der Waals surface area contributed by atoms with E-state index in [1.54, 1.807) is 14.2 Å². The third-order valence-corrected chi connectivity index (χ3v) is 7.69. The summed E-state index contributed by atoms with van der Waals surface area (Å²) in [5, 5.41) is 0. The minimum absolute atomic E-state index is 0.0159. The Balaban J connectivity index is 1.53. The number of hydrogen-bond donors (Lipinski definition) is 0. The second-order valence-electron chi connectivity index (χ2n) is 8.78. The van der Waals surface area contributed by atoms with Gasteiger partial charge in [-0.25, -0.2) is 0 Å². The molecule has 6 rings (SSSR count). The molecule has 0 N–H and O–H groups in total. The molecule has 1 spiro atoms. The summed E-state index contributed by atoms with van der Waals surface area (Å²) in [7, 11) is 3.53. The second kappa shape index (κ2) is 5.19. The lowest BCUT2D eigenvalue weighted by Gasteiger charge is -2.57. The summed E-state index contributed by atoms with van der Waals surface area (Å²) in [5.41, 5.74) is 2.99. The van der Waals surface area contributed by atoms with Crippen molar-refractivity contribution < 1.29 is 14.2 Å². The third-order valence-electron chi connectivity index (χ3n) is 7.69. The molecule has 0 amide bonds. The van der Waals surface area contributed by atoms with E-state index >= 15 is 0 Å². The monoisotopic (exact) mass is 353 g/mol. The molecule has 2 bridgehead atoms. The molecule has 1 aromatic carbocycles. The Hall–Kier alpha value is -1.68. The van der Waals surface area contributed by atoms with Crippen LogP contribution < -0.4 is 9.47 Å².